The SMILES string of the molecule is Cc1c(N)cccc1-c1nc(-c2ccco2)no1. The summed E-state index contributed by atoms with van der Waals surface area (Å²) < 4.78 is 10.4. The van der Waals surface area contributed by atoms with E-state index < -0.39 is 0 Å². The lowest BCUT2D eigenvalue weighted by atomic mass is 10.1. The van der Waals surface area contributed by atoms with E-state index in [0.717, 1.165) is 11.1 Å². The average Bonchev–Trinajstić information content (AvgIpc) is 3.01. The standard InChI is InChI=1S/C13H11N3O2/c1-8-9(4-2-5-10(8)14)13-15-12(16-18-13)11-6-3-7-17-11/h2-7H,14H2,1H3. The van der Waals surface area contributed by atoms with Crippen molar-refractivity contribution < 1.29 is 8.94 Å². The van der Waals surface area contributed by atoms with Crippen LogP contribution in [-0.2, 0) is 0 Å². The first-order valence-electron chi connectivity index (χ1n) is 5.49. The molecule has 0 aliphatic heterocycles. The summed E-state index contributed by atoms with van der Waals surface area (Å²) in [5.74, 6) is 1.44. The molecule has 0 fully saturated rings. The van der Waals surface area contributed by atoms with Gasteiger partial charge in [0.05, 0.1) is 6.26 Å². The Hall–Kier alpha value is -2.56. The molecule has 0 aliphatic rings. The first kappa shape index (κ1) is 10.6. The fourth-order valence-electron chi connectivity index (χ4n) is 1.72. The molecule has 90 valence electrons. The molecule has 0 radical (unpaired) electrons. The normalized spacial score (nSPS) is 10.7. The quantitative estimate of drug-likeness (QED) is 0.698. The van der Waals surface area contributed by atoms with Crippen LogP contribution in [0.1, 0.15) is 5.56 Å². The van der Waals surface area contributed by atoms with Crippen LogP contribution in [0.5, 0.6) is 0 Å². The Bertz CT molecular complexity index is 671. The summed E-state index contributed by atoms with van der Waals surface area (Å²) in [4.78, 5) is 4.30. The molecule has 18 heavy (non-hydrogen) atoms. The number of aromatic nitrogens is 2. The van der Waals surface area contributed by atoms with Gasteiger partial charge in [0, 0.05) is 11.3 Å². The lowest BCUT2D eigenvalue weighted by Gasteiger charge is -2.02. The minimum absolute atomic E-state index is 0.428. The van der Waals surface area contributed by atoms with Crippen LogP contribution in [0.15, 0.2) is 45.5 Å². The van der Waals surface area contributed by atoms with Crippen LogP contribution in [0.3, 0.4) is 0 Å². The largest absolute Gasteiger partial charge is 0.461 e. The van der Waals surface area contributed by atoms with Crippen LogP contribution in [-0.4, -0.2) is 10.1 Å². The highest BCUT2D eigenvalue weighted by Crippen LogP contribution is 2.27. The van der Waals surface area contributed by atoms with Crippen LogP contribution < -0.4 is 5.73 Å². The monoisotopic (exact) mass is 241 g/mol. The molecule has 2 N–H and O–H groups in total. The van der Waals surface area contributed by atoms with Crippen molar-refractivity contribution in [1.29, 1.82) is 0 Å². The minimum Gasteiger partial charge on any atom is -0.461 e. The maximum absolute atomic E-state index is 5.85. The second-order valence-corrected chi connectivity index (χ2v) is 3.92. The Balaban J connectivity index is 2.06. The molecular formula is C13H11N3O2. The Kier molecular flexibility index (Phi) is 2.37. The van der Waals surface area contributed by atoms with E-state index in [2.05, 4.69) is 10.1 Å². The summed E-state index contributed by atoms with van der Waals surface area (Å²) in [5, 5.41) is 3.89. The lowest BCUT2D eigenvalue weighted by Crippen LogP contribution is -1.91. The molecule has 0 aliphatic carbocycles. The van der Waals surface area contributed by atoms with E-state index in [9.17, 15) is 0 Å². The molecule has 3 rings (SSSR count). The third-order valence-electron chi connectivity index (χ3n) is 2.77. The van der Waals surface area contributed by atoms with E-state index in [4.69, 9.17) is 14.7 Å². The minimum atomic E-state index is 0.428. The highest BCUT2D eigenvalue weighted by molar-refractivity contribution is 5.67. The van der Waals surface area contributed by atoms with Crippen molar-refractivity contribution in [1.82, 2.24) is 10.1 Å². The van der Waals surface area contributed by atoms with Crippen molar-refractivity contribution in [2.24, 2.45) is 0 Å². The summed E-state index contributed by atoms with van der Waals surface area (Å²) in [6.07, 6.45) is 1.57. The summed E-state index contributed by atoms with van der Waals surface area (Å²) in [6, 6.07) is 9.14. The van der Waals surface area contributed by atoms with Gasteiger partial charge in [-0.1, -0.05) is 11.2 Å². The highest BCUT2D eigenvalue weighted by Gasteiger charge is 2.14. The number of anilines is 1. The predicted molar refractivity (Wildman–Crippen MR) is 66.6 cm³/mol. The number of nitrogen functional groups attached to an aromatic ring is 1. The second-order valence-electron chi connectivity index (χ2n) is 3.92. The Morgan fingerprint density at radius 1 is 1.17 bits per heavy atom. The number of hydrogen-bond donors (Lipinski definition) is 1. The van der Waals surface area contributed by atoms with E-state index in [-0.39, 0.29) is 0 Å². The number of rotatable bonds is 2. The van der Waals surface area contributed by atoms with Crippen molar-refractivity contribution in [2.75, 3.05) is 5.73 Å². The zero-order valence-electron chi connectivity index (χ0n) is 9.75. The van der Waals surface area contributed by atoms with Crippen molar-refractivity contribution in [3.8, 4) is 23.0 Å². The van der Waals surface area contributed by atoms with Crippen LogP contribution in [0.2, 0.25) is 0 Å². The summed E-state index contributed by atoms with van der Waals surface area (Å²) in [6.45, 7) is 1.92. The summed E-state index contributed by atoms with van der Waals surface area (Å²) >= 11 is 0. The van der Waals surface area contributed by atoms with Gasteiger partial charge in [0.1, 0.15) is 0 Å². The summed E-state index contributed by atoms with van der Waals surface area (Å²) in [5.41, 5.74) is 8.31. The molecule has 2 heterocycles. The number of furan rings is 1. The van der Waals surface area contributed by atoms with Crippen molar-refractivity contribution in [2.45, 2.75) is 6.92 Å². The first-order valence-corrected chi connectivity index (χ1v) is 5.49. The van der Waals surface area contributed by atoms with E-state index >= 15 is 0 Å². The van der Waals surface area contributed by atoms with Crippen molar-refractivity contribution in [3.05, 3.63) is 42.2 Å². The van der Waals surface area contributed by atoms with Gasteiger partial charge in [-0.2, -0.15) is 4.98 Å². The molecule has 2 aromatic heterocycles. The third kappa shape index (κ3) is 1.66. The average molecular weight is 241 g/mol. The molecule has 1 aromatic carbocycles. The zero-order valence-corrected chi connectivity index (χ0v) is 9.75. The van der Waals surface area contributed by atoms with Crippen molar-refractivity contribution >= 4 is 5.69 Å². The van der Waals surface area contributed by atoms with Gasteiger partial charge in [0.2, 0.25) is 5.82 Å². The predicted octanol–water partition coefficient (Wildman–Crippen LogP) is 2.89. The van der Waals surface area contributed by atoms with Crippen LogP contribution in [0.4, 0.5) is 5.69 Å². The van der Waals surface area contributed by atoms with Gasteiger partial charge in [0.15, 0.2) is 5.76 Å². The number of nitrogens with two attached hydrogens (primary N) is 1. The summed E-state index contributed by atoms with van der Waals surface area (Å²) in [7, 11) is 0. The van der Waals surface area contributed by atoms with Gasteiger partial charge < -0.3 is 14.7 Å². The molecule has 5 nitrogen and oxygen atoms in total. The topological polar surface area (TPSA) is 78.1 Å². The Morgan fingerprint density at radius 2 is 2.06 bits per heavy atom. The van der Waals surface area contributed by atoms with E-state index in [1.54, 1.807) is 18.4 Å². The molecule has 5 heteroatoms. The van der Waals surface area contributed by atoms with E-state index in [1.807, 2.05) is 25.1 Å². The molecular weight excluding hydrogens is 230 g/mol. The van der Waals surface area contributed by atoms with Gasteiger partial charge >= 0.3 is 0 Å². The number of hydrogen-bond acceptors (Lipinski definition) is 5. The molecule has 0 amide bonds. The molecule has 0 unspecified atom stereocenters. The number of nitrogens with zero attached hydrogens (tertiary/aromatic N) is 2. The molecule has 0 bridgehead atoms. The second kappa shape index (κ2) is 4.03. The highest BCUT2D eigenvalue weighted by atomic mass is 16.5. The van der Waals surface area contributed by atoms with Gasteiger partial charge in [-0.25, -0.2) is 0 Å². The Labute approximate surface area is 103 Å². The van der Waals surface area contributed by atoms with E-state index in [1.165, 1.54) is 0 Å². The van der Waals surface area contributed by atoms with Gasteiger partial charge in [0.25, 0.3) is 5.89 Å². The van der Waals surface area contributed by atoms with Crippen LogP contribution in [0.25, 0.3) is 23.0 Å². The first-order chi connectivity index (χ1) is 8.75. The molecule has 3 aromatic rings. The smallest absolute Gasteiger partial charge is 0.258 e. The molecule has 0 saturated carbocycles. The molecule has 0 spiro atoms. The van der Waals surface area contributed by atoms with Crippen LogP contribution in [0, 0.1) is 6.92 Å². The number of benzene rings is 1. The maximum atomic E-state index is 5.85. The van der Waals surface area contributed by atoms with Gasteiger partial charge in [-0.15, -0.1) is 0 Å². The lowest BCUT2D eigenvalue weighted by molar-refractivity contribution is 0.429. The third-order valence-corrected chi connectivity index (χ3v) is 2.77. The van der Waals surface area contributed by atoms with E-state index in [0.29, 0.717) is 23.2 Å². The van der Waals surface area contributed by atoms with Crippen molar-refractivity contribution in [3.63, 3.8) is 0 Å². The van der Waals surface area contributed by atoms with Gasteiger partial charge in [-0.05, 0) is 36.8 Å². The fourth-order valence-corrected chi connectivity index (χ4v) is 1.72. The molecule has 0 saturated heterocycles. The van der Waals surface area contributed by atoms with Crippen LogP contribution >= 0.6 is 0 Å². The molecule has 0 atom stereocenters. The maximum Gasteiger partial charge on any atom is 0.258 e. The Morgan fingerprint density at radius 3 is 2.83 bits per heavy atom. The zero-order chi connectivity index (χ0) is 12.5. The van der Waals surface area contributed by atoms with Gasteiger partial charge in [-0.3, -0.25) is 0 Å². The fraction of sp³-hybridized carbons (Fsp3) is 0.0769.